The normalized spacial score (nSPS) is 10.4. The highest BCUT2D eigenvalue weighted by atomic mass is 79.9. The van der Waals surface area contributed by atoms with Crippen molar-refractivity contribution in [2.45, 2.75) is 20.4 Å². The number of amides is 1. The second kappa shape index (κ2) is 7.65. The fourth-order valence-corrected chi connectivity index (χ4v) is 2.35. The summed E-state index contributed by atoms with van der Waals surface area (Å²) in [6.45, 7) is 4.43. The van der Waals surface area contributed by atoms with Crippen LogP contribution in [0.1, 0.15) is 16.7 Å². The Hall–Kier alpha value is -1.52. The van der Waals surface area contributed by atoms with Crippen LogP contribution < -0.4 is 10.1 Å². The molecule has 2 aromatic rings. The van der Waals surface area contributed by atoms with Gasteiger partial charge in [0.15, 0.2) is 6.61 Å². The van der Waals surface area contributed by atoms with E-state index in [1.807, 2.05) is 38.1 Å². The molecule has 0 unspecified atom stereocenters. The van der Waals surface area contributed by atoms with Crippen molar-refractivity contribution in [1.82, 2.24) is 5.32 Å². The Morgan fingerprint density at radius 3 is 2.36 bits per heavy atom. The molecule has 1 amide bonds. The Labute approximate surface area is 143 Å². The highest BCUT2D eigenvalue weighted by Gasteiger charge is 2.06. The third-order valence-electron chi connectivity index (χ3n) is 3.18. The third kappa shape index (κ3) is 4.75. The molecule has 0 heterocycles. The van der Waals surface area contributed by atoms with E-state index in [0.29, 0.717) is 17.3 Å². The first kappa shape index (κ1) is 16.8. The Morgan fingerprint density at radius 2 is 1.77 bits per heavy atom. The Morgan fingerprint density at radius 1 is 1.18 bits per heavy atom. The second-order valence-electron chi connectivity index (χ2n) is 5.06. The number of carbonyl (C=O) groups is 1. The summed E-state index contributed by atoms with van der Waals surface area (Å²) < 4.78 is 6.60. The maximum absolute atomic E-state index is 11.8. The van der Waals surface area contributed by atoms with Gasteiger partial charge in [-0.1, -0.05) is 39.7 Å². The smallest absolute Gasteiger partial charge is 0.258 e. The molecule has 3 nitrogen and oxygen atoms in total. The van der Waals surface area contributed by atoms with Gasteiger partial charge in [0.25, 0.3) is 5.91 Å². The number of halogens is 2. The SMILES string of the molecule is Cc1cc(OCC(=O)NCc2ccc(Cl)cc2)cc(C)c1Br. The van der Waals surface area contributed by atoms with Gasteiger partial charge in [-0.25, -0.2) is 0 Å². The van der Waals surface area contributed by atoms with Crippen LogP contribution in [-0.2, 0) is 11.3 Å². The molecule has 5 heteroatoms. The lowest BCUT2D eigenvalue weighted by Crippen LogP contribution is -2.28. The third-order valence-corrected chi connectivity index (χ3v) is 4.69. The summed E-state index contributed by atoms with van der Waals surface area (Å²) in [4.78, 5) is 11.8. The molecular formula is C17H17BrClNO2. The van der Waals surface area contributed by atoms with Crippen molar-refractivity contribution in [2.75, 3.05) is 6.61 Å². The molecule has 22 heavy (non-hydrogen) atoms. The van der Waals surface area contributed by atoms with E-state index in [1.54, 1.807) is 12.1 Å². The molecule has 0 radical (unpaired) electrons. The summed E-state index contributed by atoms with van der Waals surface area (Å²) in [5.41, 5.74) is 3.15. The quantitative estimate of drug-likeness (QED) is 0.831. The predicted octanol–water partition coefficient (Wildman–Crippen LogP) is 4.41. The van der Waals surface area contributed by atoms with E-state index in [1.165, 1.54) is 0 Å². The monoisotopic (exact) mass is 381 g/mol. The molecule has 1 N–H and O–H groups in total. The van der Waals surface area contributed by atoms with Crippen molar-refractivity contribution in [3.05, 3.63) is 62.6 Å². The van der Waals surface area contributed by atoms with Gasteiger partial charge in [0.05, 0.1) is 0 Å². The van der Waals surface area contributed by atoms with Crippen molar-refractivity contribution in [1.29, 1.82) is 0 Å². The Bertz CT molecular complexity index is 648. The maximum atomic E-state index is 11.8. The number of hydrogen-bond acceptors (Lipinski definition) is 2. The van der Waals surface area contributed by atoms with E-state index in [2.05, 4.69) is 21.2 Å². The van der Waals surface area contributed by atoms with Crippen LogP contribution in [0.15, 0.2) is 40.9 Å². The molecule has 0 aromatic heterocycles. The van der Waals surface area contributed by atoms with Crippen LogP contribution in [0.25, 0.3) is 0 Å². The summed E-state index contributed by atoms with van der Waals surface area (Å²) in [6.07, 6.45) is 0. The topological polar surface area (TPSA) is 38.3 Å². The van der Waals surface area contributed by atoms with Gasteiger partial charge in [-0.15, -0.1) is 0 Å². The van der Waals surface area contributed by atoms with Crippen LogP contribution in [-0.4, -0.2) is 12.5 Å². The highest BCUT2D eigenvalue weighted by Crippen LogP contribution is 2.26. The maximum Gasteiger partial charge on any atom is 0.258 e. The minimum Gasteiger partial charge on any atom is -0.484 e. The predicted molar refractivity (Wildman–Crippen MR) is 92.4 cm³/mol. The van der Waals surface area contributed by atoms with E-state index in [4.69, 9.17) is 16.3 Å². The summed E-state index contributed by atoms with van der Waals surface area (Å²) in [7, 11) is 0. The average molecular weight is 383 g/mol. The van der Waals surface area contributed by atoms with Crippen LogP contribution in [0.5, 0.6) is 5.75 Å². The van der Waals surface area contributed by atoms with E-state index >= 15 is 0 Å². The van der Waals surface area contributed by atoms with Crippen LogP contribution in [0.2, 0.25) is 5.02 Å². The first-order valence-corrected chi connectivity index (χ1v) is 8.03. The van der Waals surface area contributed by atoms with Gasteiger partial charge < -0.3 is 10.1 Å². The zero-order valence-electron chi connectivity index (χ0n) is 12.5. The van der Waals surface area contributed by atoms with Crippen LogP contribution in [0, 0.1) is 13.8 Å². The van der Waals surface area contributed by atoms with Crippen LogP contribution >= 0.6 is 27.5 Å². The lowest BCUT2D eigenvalue weighted by atomic mass is 10.1. The lowest BCUT2D eigenvalue weighted by molar-refractivity contribution is -0.123. The first-order chi connectivity index (χ1) is 10.5. The van der Waals surface area contributed by atoms with Crippen LogP contribution in [0.3, 0.4) is 0 Å². The minimum absolute atomic E-state index is 0.00585. The van der Waals surface area contributed by atoms with Crippen molar-refractivity contribution in [3.8, 4) is 5.75 Å². The fourth-order valence-electron chi connectivity index (χ4n) is 1.99. The summed E-state index contributed by atoms with van der Waals surface area (Å²) in [5, 5.41) is 3.49. The number of nitrogens with one attached hydrogen (secondary N) is 1. The lowest BCUT2D eigenvalue weighted by Gasteiger charge is -2.10. The van der Waals surface area contributed by atoms with Gasteiger partial charge in [0, 0.05) is 16.0 Å². The molecule has 0 saturated carbocycles. The van der Waals surface area contributed by atoms with Gasteiger partial charge in [0.2, 0.25) is 0 Å². The van der Waals surface area contributed by atoms with Crippen molar-refractivity contribution >= 4 is 33.4 Å². The summed E-state index contributed by atoms with van der Waals surface area (Å²) >= 11 is 9.32. The standard InChI is InChI=1S/C17H17BrClNO2/c1-11-7-15(8-12(2)17(11)18)22-10-16(21)20-9-13-3-5-14(19)6-4-13/h3-8H,9-10H2,1-2H3,(H,20,21). The molecular weight excluding hydrogens is 366 g/mol. The number of aryl methyl sites for hydroxylation is 2. The van der Waals surface area contributed by atoms with E-state index in [0.717, 1.165) is 21.2 Å². The van der Waals surface area contributed by atoms with E-state index in [9.17, 15) is 4.79 Å². The molecule has 116 valence electrons. The number of ether oxygens (including phenoxy) is 1. The van der Waals surface area contributed by atoms with Gasteiger partial charge >= 0.3 is 0 Å². The average Bonchev–Trinajstić information content (AvgIpc) is 2.50. The van der Waals surface area contributed by atoms with Gasteiger partial charge in [-0.05, 0) is 54.8 Å². The zero-order chi connectivity index (χ0) is 16.1. The Kier molecular flexibility index (Phi) is 5.86. The largest absolute Gasteiger partial charge is 0.484 e. The van der Waals surface area contributed by atoms with Crippen molar-refractivity contribution < 1.29 is 9.53 Å². The minimum atomic E-state index is -0.159. The summed E-state index contributed by atoms with van der Waals surface area (Å²) in [6, 6.07) is 11.2. The summed E-state index contributed by atoms with van der Waals surface area (Å²) in [5.74, 6) is 0.535. The number of hydrogen-bond donors (Lipinski definition) is 1. The van der Waals surface area contributed by atoms with E-state index in [-0.39, 0.29) is 12.5 Å². The molecule has 0 aliphatic heterocycles. The zero-order valence-corrected chi connectivity index (χ0v) is 14.8. The van der Waals surface area contributed by atoms with Gasteiger partial charge in [-0.3, -0.25) is 4.79 Å². The molecule has 2 rings (SSSR count). The number of benzene rings is 2. The molecule has 2 aromatic carbocycles. The fraction of sp³-hybridized carbons (Fsp3) is 0.235. The molecule has 0 aliphatic rings. The molecule has 0 spiro atoms. The second-order valence-corrected chi connectivity index (χ2v) is 6.29. The molecule has 0 aliphatic carbocycles. The van der Waals surface area contributed by atoms with Crippen molar-refractivity contribution in [3.63, 3.8) is 0 Å². The number of carbonyl (C=O) groups excluding carboxylic acids is 1. The van der Waals surface area contributed by atoms with E-state index < -0.39 is 0 Å². The highest BCUT2D eigenvalue weighted by molar-refractivity contribution is 9.10. The number of rotatable bonds is 5. The Balaban J connectivity index is 1.84. The molecule has 0 bridgehead atoms. The van der Waals surface area contributed by atoms with Gasteiger partial charge in [0.1, 0.15) is 5.75 Å². The molecule has 0 saturated heterocycles. The van der Waals surface area contributed by atoms with Crippen molar-refractivity contribution in [2.24, 2.45) is 0 Å². The van der Waals surface area contributed by atoms with Gasteiger partial charge in [-0.2, -0.15) is 0 Å². The molecule has 0 fully saturated rings. The molecule has 0 atom stereocenters. The first-order valence-electron chi connectivity index (χ1n) is 6.86. The van der Waals surface area contributed by atoms with Crippen LogP contribution in [0.4, 0.5) is 0 Å².